The van der Waals surface area contributed by atoms with Gasteiger partial charge in [0, 0.05) is 19.2 Å². The molecule has 26 heavy (non-hydrogen) atoms. The largest absolute Gasteiger partial charge is 0.494 e. The number of methoxy groups -OCH3 is 1. The van der Waals surface area contributed by atoms with Gasteiger partial charge in [-0.3, -0.25) is 0 Å². The van der Waals surface area contributed by atoms with Gasteiger partial charge in [-0.15, -0.1) is 0 Å². The monoisotopic (exact) mass is 397 g/mol. The number of hydrogen-bond acceptors (Lipinski definition) is 5. The van der Waals surface area contributed by atoms with E-state index in [2.05, 4.69) is 4.74 Å². The lowest BCUT2D eigenvalue weighted by Crippen LogP contribution is -2.27. The van der Waals surface area contributed by atoms with Crippen molar-refractivity contribution in [2.24, 2.45) is 0 Å². The summed E-state index contributed by atoms with van der Waals surface area (Å²) in [6.07, 6.45) is 0. The summed E-state index contributed by atoms with van der Waals surface area (Å²) in [7, 11) is -1.17. The van der Waals surface area contributed by atoms with Crippen LogP contribution in [0.15, 0.2) is 47.4 Å². The second-order valence-corrected chi connectivity index (χ2v) is 7.89. The molecule has 8 heteroatoms. The van der Waals surface area contributed by atoms with Crippen molar-refractivity contribution in [2.45, 2.75) is 18.4 Å². The molecule has 0 N–H and O–H groups in total. The first-order chi connectivity index (χ1) is 12.3. The van der Waals surface area contributed by atoms with E-state index in [4.69, 9.17) is 16.3 Å². The Morgan fingerprint density at radius 3 is 2.54 bits per heavy atom. The minimum absolute atomic E-state index is 0.00152. The van der Waals surface area contributed by atoms with Crippen LogP contribution in [0.1, 0.15) is 22.8 Å². The van der Waals surface area contributed by atoms with Crippen LogP contribution in [0.25, 0.3) is 0 Å². The molecule has 0 aliphatic heterocycles. The molecule has 0 aliphatic rings. The maximum Gasteiger partial charge on any atom is 0.339 e. The van der Waals surface area contributed by atoms with Gasteiger partial charge in [-0.25, -0.2) is 13.2 Å². The number of hydrogen-bond donors (Lipinski definition) is 0. The van der Waals surface area contributed by atoms with Gasteiger partial charge in [-0.2, -0.15) is 4.31 Å². The average Bonchev–Trinajstić information content (AvgIpc) is 2.63. The lowest BCUT2D eigenvalue weighted by atomic mass is 10.2. The van der Waals surface area contributed by atoms with Crippen molar-refractivity contribution in [1.82, 2.24) is 4.31 Å². The number of benzene rings is 2. The zero-order valence-corrected chi connectivity index (χ0v) is 16.3. The standard InChI is InChI=1S/C18H20ClNO5S/c1-4-25-17-8-6-5-7-13(17)12-20(2)26(22,23)14-9-10-16(19)15(11-14)18(21)24-3/h5-11H,4,12H2,1-3H3. The van der Waals surface area contributed by atoms with E-state index >= 15 is 0 Å². The van der Waals surface area contributed by atoms with E-state index in [0.717, 1.165) is 5.56 Å². The fourth-order valence-corrected chi connectivity index (χ4v) is 3.74. The van der Waals surface area contributed by atoms with Gasteiger partial charge in [0.05, 0.1) is 29.2 Å². The van der Waals surface area contributed by atoms with Crippen molar-refractivity contribution in [3.63, 3.8) is 0 Å². The highest BCUT2D eigenvalue weighted by Crippen LogP contribution is 2.26. The first kappa shape index (κ1) is 20.2. The first-order valence-corrected chi connectivity index (χ1v) is 9.68. The summed E-state index contributed by atoms with van der Waals surface area (Å²) >= 11 is 5.96. The van der Waals surface area contributed by atoms with Gasteiger partial charge in [0.1, 0.15) is 5.75 Å². The Hall–Kier alpha value is -2.09. The van der Waals surface area contributed by atoms with Crippen LogP contribution in [-0.4, -0.2) is 39.5 Å². The van der Waals surface area contributed by atoms with Crippen molar-refractivity contribution >= 4 is 27.6 Å². The van der Waals surface area contributed by atoms with Crippen LogP contribution in [0, 0.1) is 0 Å². The molecule has 0 spiro atoms. The second kappa shape index (κ2) is 8.53. The third kappa shape index (κ3) is 4.35. The Morgan fingerprint density at radius 1 is 1.19 bits per heavy atom. The molecule has 0 radical (unpaired) electrons. The number of para-hydroxylation sites is 1. The van der Waals surface area contributed by atoms with Crippen molar-refractivity contribution in [1.29, 1.82) is 0 Å². The molecule has 6 nitrogen and oxygen atoms in total. The van der Waals surface area contributed by atoms with E-state index < -0.39 is 16.0 Å². The molecule has 0 heterocycles. The van der Waals surface area contributed by atoms with E-state index in [9.17, 15) is 13.2 Å². The molecular weight excluding hydrogens is 378 g/mol. The van der Waals surface area contributed by atoms with Crippen LogP contribution in [0.3, 0.4) is 0 Å². The predicted molar refractivity (Wildman–Crippen MR) is 99.1 cm³/mol. The van der Waals surface area contributed by atoms with Crippen molar-refractivity contribution in [3.8, 4) is 5.75 Å². The van der Waals surface area contributed by atoms with Gasteiger partial charge in [0.25, 0.3) is 0 Å². The van der Waals surface area contributed by atoms with Gasteiger partial charge in [0.15, 0.2) is 0 Å². The number of carbonyl (C=O) groups is 1. The summed E-state index contributed by atoms with van der Waals surface area (Å²) in [5, 5.41) is 0.125. The maximum atomic E-state index is 12.9. The highest BCUT2D eigenvalue weighted by molar-refractivity contribution is 7.89. The van der Waals surface area contributed by atoms with Gasteiger partial charge < -0.3 is 9.47 Å². The summed E-state index contributed by atoms with van der Waals surface area (Å²) in [6.45, 7) is 2.46. The number of nitrogens with zero attached hydrogens (tertiary/aromatic N) is 1. The second-order valence-electron chi connectivity index (χ2n) is 5.44. The lowest BCUT2D eigenvalue weighted by molar-refractivity contribution is 0.0600. The Kier molecular flexibility index (Phi) is 6.63. The third-order valence-electron chi connectivity index (χ3n) is 3.72. The molecule has 0 saturated carbocycles. The van der Waals surface area contributed by atoms with Crippen LogP contribution >= 0.6 is 11.6 Å². The number of rotatable bonds is 7. The number of ether oxygens (including phenoxy) is 2. The van der Waals surface area contributed by atoms with Crippen molar-refractivity contribution in [3.05, 3.63) is 58.6 Å². The van der Waals surface area contributed by atoms with Gasteiger partial charge in [0.2, 0.25) is 10.0 Å². The Balaban J connectivity index is 2.34. The number of sulfonamides is 1. The molecule has 0 aliphatic carbocycles. The van der Waals surface area contributed by atoms with Gasteiger partial charge in [-0.1, -0.05) is 29.8 Å². The molecular formula is C18H20ClNO5S. The number of esters is 1. The normalized spacial score (nSPS) is 11.4. The van der Waals surface area contributed by atoms with Gasteiger partial charge >= 0.3 is 5.97 Å². The van der Waals surface area contributed by atoms with Crippen molar-refractivity contribution in [2.75, 3.05) is 20.8 Å². The quantitative estimate of drug-likeness (QED) is 0.670. The van der Waals surface area contributed by atoms with Crippen LogP contribution in [0.5, 0.6) is 5.75 Å². The fourth-order valence-electron chi connectivity index (χ4n) is 2.37. The molecule has 0 fully saturated rings. The lowest BCUT2D eigenvalue weighted by Gasteiger charge is -2.19. The summed E-state index contributed by atoms with van der Waals surface area (Å²) in [5.74, 6) is -0.0696. The topological polar surface area (TPSA) is 72.9 Å². The predicted octanol–water partition coefficient (Wildman–Crippen LogP) is 3.35. The summed E-state index contributed by atoms with van der Waals surface area (Å²) < 4.78 is 37.1. The third-order valence-corrected chi connectivity index (χ3v) is 5.85. The van der Waals surface area contributed by atoms with E-state index in [1.165, 1.54) is 36.7 Å². The van der Waals surface area contributed by atoms with Crippen molar-refractivity contribution < 1.29 is 22.7 Å². The highest BCUT2D eigenvalue weighted by Gasteiger charge is 2.24. The molecule has 0 unspecified atom stereocenters. The van der Waals surface area contributed by atoms with Crippen LogP contribution in [0.2, 0.25) is 5.02 Å². The minimum Gasteiger partial charge on any atom is -0.494 e. The zero-order valence-electron chi connectivity index (χ0n) is 14.7. The van der Waals surface area contributed by atoms with E-state index in [0.29, 0.717) is 12.4 Å². The first-order valence-electron chi connectivity index (χ1n) is 7.86. The summed E-state index contributed by atoms with van der Waals surface area (Å²) in [5.41, 5.74) is 0.737. The molecule has 0 atom stereocenters. The zero-order chi connectivity index (χ0) is 19.3. The Bertz CT molecular complexity index is 898. The Morgan fingerprint density at radius 2 is 1.88 bits per heavy atom. The van der Waals surface area contributed by atoms with Crippen LogP contribution in [0.4, 0.5) is 0 Å². The molecule has 0 saturated heterocycles. The molecule has 2 rings (SSSR count). The molecule has 0 amide bonds. The molecule has 0 bridgehead atoms. The fraction of sp³-hybridized carbons (Fsp3) is 0.278. The highest BCUT2D eigenvalue weighted by atomic mass is 35.5. The van der Waals surface area contributed by atoms with E-state index in [-0.39, 0.29) is 22.0 Å². The Labute approximate surface area is 158 Å². The molecule has 0 aromatic heterocycles. The van der Waals surface area contributed by atoms with E-state index in [1.807, 2.05) is 19.1 Å². The number of carbonyl (C=O) groups excluding carboxylic acids is 1. The van der Waals surface area contributed by atoms with Crippen LogP contribution < -0.4 is 4.74 Å². The van der Waals surface area contributed by atoms with Gasteiger partial charge in [-0.05, 0) is 31.2 Å². The molecule has 2 aromatic carbocycles. The summed E-state index contributed by atoms with van der Waals surface area (Å²) in [6, 6.07) is 11.2. The average molecular weight is 398 g/mol. The maximum absolute atomic E-state index is 12.9. The molecule has 140 valence electrons. The summed E-state index contributed by atoms with van der Waals surface area (Å²) in [4.78, 5) is 11.7. The number of halogens is 1. The smallest absolute Gasteiger partial charge is 0.339 e. The van der Waals surface area contributed by atoms with E-state index in [1.54, 1.807) is 12.1 Å². The minimum atomic E-state index is -3.84. The molecule has 2 aromatic rings. The van der Waals surface area contributed by atoms with Crippen LogP contribution in [-0.2, 0) is 21.3 Å². The SMILES string of the molecule is CCOc1ccccc1CN(C)S(=O)(=O)c1ccc(Cl)c(C(=O)OC)c1.